The van der Waals surface area contributed by atoms with Crippen LogP contribution in [0.5, 0.6) is 5.75 Å². The van der Waals surface area contributed by atoms with Crippen LogP contribution >= 0.6 is 23.2 Å². The third-order valence-electron chi connectivity index (χ3n) is 3.19. The molecule has 0 heterocycles. The van der Waals surface area contributed by atoms with Gasteiger partial charge >= 0.3 is 0 Å². The summed E-state index contributed by atoms with van der Waals surface area (Å²) in [7, 11) is 1.64. The van der Waals surface area contributed by atoms with E-state index in [1.165, 1.54) is 11.1 Å². The predicted molar refractivity (Wildman–Crippen MR) is 81.5 cm³/mol. The van der Waals surface area contributed by atoms with Gasteiger partial charge in [0.1, 0.15) is 5.75 Å². The topological polar surface area (TPSA) is 9.23 Å². The Labute approximate surface area is 124 Å². The first-order valence-corrected chi connectivity index (χ1v) is 6.95. The van der Waals surface area contributed by atoms with Crippen molar-refractivity contribution in [2.24, 2.45) is 0 Å². The number of hydrogen-bond acceptors (Lipinski definition) is 1. The molecule has 2 aromatic carbocycles. The van der Waals surface area contributed by atoms with Gasteiger partial charge in [-0.15, -0.1) is 11.6 Å². The van der Waals surface area contributed by atoms with Crippen molar-refractivity contribution in [1.29, 1.82) is 0 Å². The molecule has 1 atom stereocenters. The Morgan fingerprint density at radius 3 is 2.58 bits per heavy atom. The molecule has 0 amide bonds. The molecule has 0 aromatic heterocycles. The van der Waals surface area contributed by atoms with Gasteiger partial charge in [-0.05, 0) is 42.7 Å². The summed E-state index contributed by atoms with van der Waals surface area (Å²) in [5.41, 5.74) is 3.42. The number of rotatable bonds is 4. The molecule has 1 nitrogen and oxygen atoms in total. The van der Waals surface area contributed by atoms with Crippen LogP contribution in [0, 0.1) is 6.92 Å². The van der Waals surface area contributed by atoms with Gasteiger partial charge in [0.2, 0.25) is 0 Å². The average molecular weight is 295 g/mol. The minimum Gasteiger partial charge on any atom is -0.496 e. The van der Waals surface area contributed by atoms with Crippen molar-refractivity contribution in [3.8, 4) is 5.75 Å². The summed E-state index contributed by atoms with van der Waals surface area (Å²) in [5, 5.41) is 0.515. The molecule has 0 saturated carbocycles. The van der Waals surface area contributed by atoms with Crippen molar-refractivity contribution in [2.45, 2.75) is 18.7 Å². The van der Waals surface area contributed by atoms with Crippen LogP contribution in [0.1, 0.15) is 22.1 Å². The van der Waals surface area contributed by atoms with E-state index in [4.69, 9.17) is 27.9 Å². The highest BCUT2D eigenvalue weighted by atomic mass is 35.5. The van der Waals surface area contributed by atoms with Crippen LogP contribution < -0.4 is 4.74 Å². The summed E-state index contributed by atoms with van der Waals surface area (Å²) >= 11 is 12.6. The van der Waals surface area contributed by atoms with E-state index in [1.54, 1.807) is 13.2 Å². The zero-order chi connectivity index (χ0) is 13.8. The highest BCUT2D eigenvalue weighted by molar-refractivity contribution is 6.31. The van der Waals surface area contributed by atoms with Gasteiger partial charge in [0.25, 0.3) is 0 Å². The molecule has 2 rings (SSSR count). The number of halogens is 2. The molecular weight excluding hydrogens is 279 g/mol. The minimum atomic E-state index is -0.158. The van der Waals surface area contributed by atoms with Gasteiger partial charge in [-0.3, -0.25) is 0 Å². The van der Waals surface area contributed by atoms with E-state index in [2.05, 4.69) is 19.1 Å². The van der Waals surface area contributed by atoms with E-state index in [0.29, 0.717) is 5.02 Å². The first-order valence-electron chi connectivity index (χ1n) is 6.14. The van der Waals surface area contributed by atoms with Gasteiger partial charge in [-0.2, -0.15) is 0 Å². The lowest BCUT2D eigenvalue weighted by molar-refractivity contribution is 0.409. The third-order valence-corrected chi connectivity index (χ3v) is 3.81. The number of ether oxygens (including phenoxy) is 1. The fourth-order valence-electron chi connectivity index (χ4n) is 2.09. The second kappa shape index (κ2) is 6.31. The maximum Gasteiger partial charge on any atom is 0.123 e. The summed E-state index contributed by atoms with van der Waals surface area (Å²) < 4.78 is 5.35. The summed E-state index contributed by atoms with van der Waals surface area (Å²) in [6.45, 7) is 2.09. The average Bonchev–Trinajstić information content (AvgIpc) is 2.41. The number of hydrogen-bond donors (Lipinski definition) is 0. The smallest absolute Gasteiger partial charge is 0.123 e. The number of alkyl halides is 1. The molecule has 0 spiro atoms. The molecule has 100 valence electrons. The molecular formula is C16H16Cl2O. The quantitative estimate of drug-likeness (QED) is 0.706. The van der Waals surface area contributed by atoms with E-state index >= 15 is 0 Å². The van der Waals surface area contributed by atoms with E-state index in [1.807, 2.05) is 24.3 Å². The van der Waals surface area contributed by atoms with Crippen LogP contribution in [0.15, 0.2) is 42.5 Å². The summed E-state index contributed by atoms with van der Waals surface area (Å²) in [4.78, 5) is 0. The Kier molecular flexibility index (Phi) is 4.73. The fourth-order valence-corrected chi connectivity index (χ4v) is 2.61. The molecule has 0 fully saturated rings. The van der Waals surface area contributed by atoms with Crippen molar-refractivity contribution in [2.75, 3.05) is 7.11 Å². The summed E-state index contributed by atoms with van der Waals surface area (Å²) in [6.07, 6.45) is 0.755. The van der Waals surface area contributed by atoms with Gasteiger partial charge in [0.05, 0.1) is 12.5 Å². The number of aryl methyl sites for hydroxylation is 1. The zero-order valence-corrected chi connectivity index (χ0v) is 12.5. The molecule has 3 heteroatoms. The van der Waals surface area contributed by atoms with Crippen LogP contribution in [0.3, 0.4) is 0 Å². The molecule has 1 unspecified atom stereocenters. The van der Waals surface area contributed by atoms with Gasteiger partial charge < -0.3 is 4.74 Å². The number of methoxy groups -OCH3 is 1. The number of benzene rings is 2. The van der Waals surface area contributed by atoms with Crippen LogP contribution in [0.25, 0.3) is 0 Å². The van der Waals surface area contributed by atoms with Crippen LogP contribution in [-0.4, -0.2) is 7.11 Å². The largest absolute Gasteiger partial charge is 0.496 e. The van der Waals surface area contributed by atoms with Crippen LogP contribution in [-0.2, 0) is 6.42 Å². The van der Waals surface area contributed by atoms with E-state index in [9.17, 15) is 0 Å². The molecule has 0 saturated heterocycles. The second-order valence-corrected chi connectivity index (χ2v) is 5.45. The van der Waals surface area contributed by atoms with Crippen molar-refractivity contribution in [1.82, 2.24) is 0 Å². The highest BCUT2D eigenvalue weighted by Crippen LogP contribution is 2.34. The maximum atomic E-state index is 6.53. The lowest BCUT2D eigenvalue weighted by Gasteiger charge is -2.15. The van der Waals surface area contributed by atoms with E-state index in [-0.39, 0.29) is 5.38 Å². The van der Waals surface area contributed by atoms with Crippen molar-refractivity contribution < 1.29 is 4.74 Å². The monoisotopic (exact) mass is 294 g/mol. The summed E-state index contributed by atoms with van der Waals surface area (Å²) in [5.74, 6) is 0.776. The summed E-state index contributed by atoms with van der Waals surface area (Å²) in [6, 6.07) is 13.8. The molecule has 0 aliphatic carbocycles. The lowest BCUT2D eigenvalue weighted by atomic mass is 10.00. The van der Waals surface area contributed by atoms with Crippen LogP contribution in [0.4, 0.5) is 0 Å². The highest BCUT2D eigenvalue weighted by Gasteiger charge is 2.15. The van der Waals surface area contributed by atoms with Crippen molar-refractivity contribution in [3.63, 3.8) is 0 Å². The molecule has 0 N–H and O–H groups in total. The molecule has 0 aliphatic heterocycles. The van der Waals surface area contributed by atoms with Gasteiger partial charge in [-0.1, -0.05) is 35.9 Å². The first kappa shape index (κ1) is 14.2. The third kappa shape index (κ3) is 3.43. The van der Waals surface area contributed by atoms with E-state index in [0.717, 1.165) is 17.7 Å². The Morgan fingerprint density at radius 2 is 1.89 bits per heavy atom. The SMILES string of the molecule is COc1ccc(Cl)cc1C(Cl)Cc1ccccc1C. The normalized spacial score (nSPS) is 12.2. The molecule has 0 radical (unpaired) electrons. The standard InChI is InChI=1S/C16H16Cl2O/c1-11-5-3-4-6-12(11)9-15(18)14-10-13(17)7-8-16(14)19-2/h3-8,10,15H,9H2,1-2H3. The Morgan fingerprint density at radius 1 is 1.16 bits per heavy atom. The molecule has 0 aliphatic rings. The maximum absolute atomic E-state index is 6.53. The second-order valence-electron chi connectivity index (χ2n) is 4.48. The zero-order valence-electron chi connectivity index (χ0n) is 11.0. The Balaban J connectivity index is 2.27. The van der Waals surface area contributed by atoms with E-state index < -0.39 is 0 Å². The lowest BCUT2D eigenvalue weighted by Crippen LogP contribution is -2.00. The van der Waals surface area contributed by atoms with Crippen molar-refractivity contribution in [3.05, 3.63) is 64.2 Å². The van der Waals surface area contributed by atoms with Crippen molar-refractivity contribution >= 4 is 23.2 Å². The Hall–Kier alpha value is -1.18. The molecule has 0 bridgehead atoms. The first-order chi connectivity index (χ1) is 9.11. The molecule has 2 aromatic rings. The van der Waals surface area contributed by atoms with Gasteiger partial charge in [-0.25, -0.2) is 0 Å². The van der Waals surface area contributed by atoms with Crippen LogP contribution in [0.2, 0.25) is 5.02 Å². The molecule has 19 heavy (non-hydrogen) atoms. The fraction of sp³-hybridized carbons (Fsp3) is 0.250. The minimum absolute atomic E-state index is 0.158. The Bertz CT molecular complexity index is 566. The van der Waals surface area contributed by atoms with Gasteiger partial charge in [0, 0.05) is 10.6 Å². The predicted octanol–water partition coefficient (Wildman–Crippen LogP) is 5.18. The van der Waals surface area contributed by atoms with Gasteiger partial charge in [0.15, 0.2) is 0 Å².